The van der Waals surface area contributed by atoms with Crippen molar-refractivity contribution < 1.29 is 8.42 Å². The molecular weight excluding hydrogens is 292 g/mol. The number of nitrogens with zero attached hydrogens (tertiary/aromatic N) is 1. The van der Waals surface area contributed by atoms with Crippen molar-refractivity contribution in [2.24, 2.45) is 0 Å². The van der Waals surface area contributed by atoms with E-state index in [1.807, 2.05) is 17.8 Å². The van der Waals surface area contributed by atoms with Gasteiger partial charge in [0, 0.05) is 18.3 Å². The first kappa shape index (κ1) is 15.4. The second-order valence-electron chi connectivity index (χ2n) is 4.82. The Kier molecular flexibility index (Phi) is 5.46. The molecule has 1 aromatic rings. The Balaban J connectivity index is 1.88. The minimum Gasteiger partial charge on any atom is -0.312 e. The molecule has 1 heterocycles. The van der Waals surface area contributed by atoms with Gasteiger partial charge in [-0.15, -0.1) is 0 Å². The molecule has 1 saturated heterocycles. The van der Waals surface area contributed by atoms with Crippen LogP contribution in [0.25, 0.3) is 0 Å². The number of nitriles is 1. The van der Waals surface area contributed by atoms with E-state index in [9.17, 15) is 8.42 Å². The Morgan fingerprint density at radius 1 is 1.35 bits per heavy atom. The van der Waals surface area contributed by atoms with E-state index in [4.69, 9.17) is 5.26 Å². The van der Waals surface area contributed by atoms with Crippen molar-refractivity contribution in [3.8, 4) is 6.07 Å². The first-order valence-electron chi connectivity index (χ1n) is 6.66. The Morgan fingerprint density at radius 3 is 2.70 bits per heavy atom. The van der Waals surface area contributed by atoms with E-state index in [1.165, 1.54) is 36.4 Å². The Labute approximate surface area is 124 Å². The number of benzene rings is 1. The quantitative estimate of drug-likeness (QED) is 0.898. The van der Waals surface area contributed by atoms with Gasteiger partial charge in [0.1, 0.15) is 0 Å². The van der Waals surface area contributed by atoms with E-state index in [1.54, 1.807) is 0 Å². The fourth-order valence-corrected chi connectivity index (χ4v) is 4.43. The highest BCUT2D eigenvalue weighted by atomic mass is 32.2. The summed E-state index contributed by atoms with van der Waals surface area (Å²) in [6, 6.07) is 8.51. The molecule has 20 heavy (non-hydrogen) atoms. The molecule has 1 aliphatic heterocycles. The standard InChI is InChI=1S/C14H18N2O2S2/c15-10-12-3-5-14(6-4-12)20(17,18)9-7-16-13-2-1-8-19-11-13/h3-6,13,16H,1-2,7-9,11H2. The predicted octanol–water partition coefficient (Wildman–Crippen LogP) is 1.82. The van der Waals surface area contributed by atoms with Gasteiger partial charge in [0.05, 0.1) is 22.3 Å². The third kappa shape index (κ3) is 4.23. The molecule has 0 bridgehead atoms. The molecule has 0 aromatic heterocycles. The van der Waals surface area contributed by atoms with Crippen molar-refractivity contribution >= 4 is 21.6 Å². The van der Waals surface area contributed by atoms with Crippen LogP contribution in [0.1, 0.15) is 18.4 Å². The van der Waals surface area contributed by atoms with Crippen molar-refractivity contribution in [3.63, 3.8) is 0 Å². The summed E-state index contributed by atoms with van der Waals surface area (Å²) < 4.78 is 24.3. The molecule has 6 heteroatoms. The van der Waals surface area contributed by atoms with Gasteiger partial charge in [-0.3, -0.25) is 0 Å². The van der Waals surface area contributed by atoms with Crippen molar-refractivity contribution in [3.05, 3.63) is 29.8 Å². The highest BCUT2D eigenvalue weighted by molar-refractivity contribution is 7.99. The normalized spacial score (nSPS) is 19.4. The van der Waals surface area contributed by atoms with Gasteiger partial charge in [-0.2, -0.15) is 17.0 Å². The number of nitrogens with one attached hydrogen (secondary N) is 1. The lowest BCUT2D eigenvalue weighted by atomic mass is 10.2. The largest absolute Gasteiger partial charge is 0.312 e. The smallest absolute Gasteiger partial charge is 0.179 e. The highest BCUT2D eigenvalue weighted by Gasteiger charge is 2.17. The summed E-state index contributed by atoms with van der Waals surface area (Å²) in [6.45, 7) is 0.480. The zero-order valence-electron chi connectivity index (χ0n) is 11.2. The maximum atomic E-state index is 12.1. The molecule has 0 saturated carbocycles. The predicted molar refractivity (Wildman–Crippen MR) is 81.6 cm³/mol. The van der Waals surface area contributed by atoms with Crippen molar-refractivity contribution in [1.82, 2.24) is 5.32 Å². The minimum atomic E-state index is -3.26. The number of hydrogen-bond acceptors (Lipinski definition) is 5. The fraction of sp³-hybridized carbons (Fsp3) is 0.500. The lowest BCUT2D eigenvalue weighted by molar-refractivity contribution is 0.519. The van der Waals surface area contributed by atoms with Gasteiger partial charge < -0.3 is 5.32 Å². The number of sulfone groups is 1. The van der Waals surface area contributed by atoms with Gasteiger partial charge in [-0.1, -0.05) is 0 Å². The van der Waals surface area contributed by atoms with Crippen molar-refractivity contribution in [1.29, 1.82) is 5.26 Å². The van der Waals surface area contributed by atoms with Crippen LogP contribution in [0.15, 0.2) is 29.2 Å². The second kappa shape index (κ2) is 7.11. The summed E-state index contributed by atoms with van der Waals surface area (Å²) in [7, 11) is -3.26. The zero-order valence-corrected chi connectivity index (χ0v) is 12.8. The molecule has 1 fully saturated rings. The highest BCUT2D eigenvalue weighted by Crippen LogP contribution is 2.17. The summed E-state index contributed by atoms with van der Waals surface area (Å²) in [5.41, 5.74) is 0.473. The van der Waals surface area contributed by atoms with Gasteiger partial charge in [0.25, 0.3) is 0 Å². The van der Waals surface area contributed by atoms with Crippen LogP contribution in [0, 0.1) is 11.3 Å². The van der Waals surface area contributed by atoms with Crippen LogP contribution in [0.2, 0.25) is 0 Å². The molecule has 0 amide bonds. The average molecular weight is 310 g/mol. The lowest BCUT2D eigenvalue weighted by Crippen LogP contribution is -2.36. The summed E-state index contributed by atoms with van der Waals surface area (Å²) in [5, 5.41) is 12.0. The molecule has 0 aliphatic carbocycles. The Bertz CT molecular complexity index is 570. The van der Waals surface area contributed by atoms with Crippen LogP contribution >= 0.6 is 11.8 Å². The topological polar surface area (TPSA) is 70.0 Å². The maximum Gasteiger partial charge on any atom is 0.179 e. The van der Waals surface area contributed by atoms with E-state index >= 15 is 0 Å². The van der Waals surface area contributed by atoms with Crippen molar-refractivity contribution in [2.45, 2.75) is 23.8 Å². The summed E-state index contributed by atoms with van der Waals surface area (Å²) in [4.78, 5) is 0.288. The number of hydrogen-bond donors (Lipinski definition) is 1. The lowest BCUT2D eigenvalue weighted by Gasteiger charge is -2.22. The molecule has 0 radical (unpaired) electrons. The van der Waals surface area contributed by atoms with E-state index in [2.05, 4.69) is 5.32 Å². The molecule has 108 valence electrons. The van der Waals surface area contributed by atoms with Crippen LogP contribution in [0.4, 0.5) is 0 Å². The van der Waals surface area contributed by atoms with Crippen LogP contribution in [-0.4, -0.2) is 38.3 Å². The van der Waals surface area contributed by atoms with Gasteiger partial charge in [-0.25, -0.2) is 8.42 Å². The molecule has 1 unspecified atom stereocenters. The Hall–Kier alpha value is -1.03. The molecule has 1 N–H and O–H groups in total. The monoisotopic (exact) mass is 310 g/mol. The van der Waals surface area contributed by atoms with Gasteiger partial charge in [0.15, 0.2) is 9.84 Å². The fourth-order valence-electron chi connectivity index (χ4n) is 2.15. The average Bonchev–Trinajstić information content (AvgIpc) is 2.48. The third-order valence-electron chi connectivity index (χ3n) is 3.31. The third-order valence-corrected chi connectivity index (χ3v) is 6.25. The molecule has 1 atom stereocenters. The van der Waals surface area contributed by atoms with Crippen LogP contribution < -0.4 is 5.32 Å². The molecular formula is C14H18N2O2S2. The van der Waals surface area contributed by atoms with Crippen LogP contribution in [-0.2, 0) is 9.84 Å². The maximum absolute atomic E-state index is 12.1. The minimum absolute atomic E-state index is 0.0973. The first-order chi connectivity index (χ1) is 9.62. The number of rotatable bonds is 5. The second-order valence-corrected chi connectivity index (χ2v) is 8.08. The van der Waals surface area contributed by atoms with Gasteiger partial charge >= 0.3 is 0 Å². The molecule has 1 aromatic carbocycles. The Morgan fingerprint density at radius 2 is 2.10 bits per heavy atom. The van der Waals surface area contributed by atoms with E-state index < -0.39 is 9.84 Å². The van der Waals surface area contributed by atoms with E-state index in [-0.39, 0.29) is 10.6 Å². The zero-order chi connectivity index (χ0) is 14.4. The van der Waals surface area contributed by atoms with Crippen LogP contribution in [0.5, 0.6) is 0 Å². The van der Waals surface area contributed by atoms with Crippen LogP contribution in [0.3, 0.4) is 0 Å². The SMILES string of the molecule is N#Cc1ccc(S(=O)(=O)CCNC2CCCSC2)cc1. The summed E-state index contributed by atoms with van der Waals surface area (Å²) in [5.74, 6) is 2.37. The van der Waals surface area contributed by atoms with Gasteiger partial charge in [0.2, 0.25) is 0 Å². The summed E-state index contributed by atoms with van der Waals surface area (Å²) in [6.07, 6.45) is 2.33. The van der Waals surface area contributed by atoms with E-state index in [0.29, 0.717) is 18.2 Å². The molecule has 2 rings (SSSR count). The molecule has 4 nitrogen and oxygen atoms in total. The first-order valence-corrected chi connectivity index (χ1v) is 9.46. The van der Waals surface area contributed by atoms with E-state index in [0.717, 1.165) is 12.2 Å². The van der Waals surface area contributed by atoms with Gasteiger partial charge in [-0.05, 0) is 42.9 Å². The van der Waals surface area contributed by atoms with Crippen molar-refractivity contribution in [2.75, 3.05) is 23.8 Å². The molecule has 0 spiro atoms. The summed E-state index contributed by atoms with van der Waals surface area (Å²) >= 11 is 1.92. The number of thioether (sulfide) groups is 1. The molecule has 1 aliphatic rings.